The number of amides is 1. The molecule has 0 saturated carbocycles. The van der Waals surface area contributed by atoms with E-state index in [0.29, 0.717) is 0 Å². The van der Waals surface area contributed by atoms with Gasteiger partial charge in [0, 0.05) is 48.9 Å². The zero-order valence-electron chi connectivity index (χ0n) is 19.6. The molecule has 0 atom stereocenters. The van der Waals surface area contributed by atoms with E-state index >= 15 is 0 Å². The molecule has 1 amide bonds. The Morgan fingerprint density at radius 3 is 2.24 bits per heavy atom. The number of rotatable bonds is 7. The minimum Gasteiger partial charge on any atom is -0.399 e. The Kier molecular flexibility index (Phi) is 7.63. The van der Waals surface area contributed by atoms with E-state index in [1.54, 1.807) is 0 Å². The predicted molar refractivity (Wildman–Crippen MR) is 139 cm³/mol. The molecule has 33 heavy (non-hydrogen) atoms. The van der Waals surface area contributed by atoms with Gasteiger partial charge in [-0.05, 0) is 79.1 Å². The van der Waals surface area contributed by atoms with Crippen molar-refractivity contribution in [2.45, 2.75) is 33.2 Å². The van der Waals surface area contributed by atoms with Crippen molar-refractivity contribution in [3.63, 3.8) is 0 Å². The summed E-state index contributed by atoms with van der Waals surface area (Å²) in [4.78, 5) is 18.6. The van der Waals surface area contributed by atoms with Crippen molar-refractivity contribution < 1.29 is 4.79 Å². The minimum absolute atomic E-state index is 0.0894. The highest BCUT2D eigenvalue weighted by atomic mass is 32.1. The van der Waals surface area contributed by atoms with E-state index in [2.05, 4.69) is 46.7 Å². The maximum Gasteiger partial charge on any atom is 0.253 e. The van der Waals surface area contributed by atoms with Crippen molar-refractivity contribution in [1.29, 1.82) is 0 Å². The summed E-state index contributed by atoms with van der Waals surface area (Å²) in [5, 5.41) is 2.15. The fourth-order valence-corrected chi connectivity index (χ4v) is 5.34. The third-order valence-electron chi connectivity index (χ3n) is 6.42. The van der Waals surface area contributed by atoms with Crippen molar-refractivity contribution in [2.24, 2.45) is 0 Å². The molecule has 1 fully saturated rings. The number of piperidine rings is 1. The lowest BCUT2D eigenvalue weighted by Crippen LogP contribution is -2.30. The largest absolute Gasteiger partial charge is 0.399 e. The summed E-state index contributed by atoms with van der Waals surface area (Å²) in [7, 11) is 0. The molecule has 1 saturated heterocycles. The maximum absolute atomic E-state index is 12.8. The van der Waals surface area contributed by atoms with Crippen LogP contribution < -0.4 is 5.73 Å². The van der Waals surface area contributed by atoms with Crippen LogP contribution in [0.2, 0.25) is 0 Å². The van der Waals surface area contributed by atoms with Crippen LogP contribution in [-0.4, -0.2) is 41.9 Å². The lowest BCUT2D eigenvalue weighted by molar-refractivity contribution is 0.0773. The summed E-state index contributed by atoms with van der Waals surface area (Å²) in [6.45, 7) is 8.61. The van der Waals surface area contributed by atoms with Crippen molar-refractivity contribution in [1.82, 2.24) is 9.80 Å². The number of benzene rings is 2. The lowest BCUT2D eigenvalue weighted by atomic mass is 9.88. The van der Waals surface area contributed by atoms with Gasteiger partial charge in [0.15, 0.2) is 0 Å². The molecule has 0 unspecified atom stereocenters. The minimum atomic E-state index is 0.0894. The smallest absolute Gasteiger partial charge is 0.253 e. The number of carbonyl (C=O) groups excluding carboxylic acids is 1. The van der Waals surface area contributed by atoms with Gasteiger partial charge in [-0.15, -0.1) is 11.3 Å². The van der Waals surface area contributed by atoms with Crippen LogP contribution in [0.15, 0.2) is 71.6 Å². The number of carbonyl (C=O) groups is 1. The Hall–Kier alpha value is -2.89. The maximum atomic E-state index is 12.8. The van der Waals surface area contributed by atoms with Gasteiger partial charge in [0.2, 0.25) is 0 Å². The van der Waals surface area contributed by atoms with Gasteiger partial charge >= 0.3 is 0 Å². The number of nitrogens with zero attached hydrogens (tertiary/aromatic N) is 2. The van der Waals surface area contributed by atoms with E-state index in [0.717, 1.165) is 67.9 Å². The van der Waals surface area contributed by atoms with Gasteiger partial charge in [0.1, 0.15) is 0 Å². The van der Waals surface area contributed by atoms with Crippen LogP contribution in [-0.2, 0) is 6.54 Å². The van der Waals surface area contributed by atoms with Crippen LogP contribution >= 0.6 is 11.3 Å². The first-order chi connectivity index (χ1) is 16.1. The van der Waals surface area contributed by atoms with Crippen LogP contribution in [0, 0.1) is 0 Å². The number of hydrogen-bond donors (Lipinski definition) is 1. The van der Waals surface area contributed by atoms with E-state index in [-0.39, 0.29) is 5.91 Å². The Morgan fingerprint density at radius 2 is 1.64 bits per heavy atom. The van der Waals surface area contributed by atoms with Gasteiger partial charge in [0.05, 0.1) is 0 Å². The number of thiophene rings is 1. The van der Waals surface area contributed by atoms with Gasteiger partial charge in [-0.2, -0.15) is 0 Å². The lowest BCUT2D eigenvalue weighted by Gasteiger charge is -2.30. The molecule has 2 aromatic carbocycles. The number of hydrogen-bond acceptors (Lipinski definition) is 4. The zero-order valence-corrected chi connectivity index (χ0v) is 20.4. The summed E-state index contributed by atoms with van der Waals surface area (Å²) in [5.74, 6) is 0.0894. The molecule has 5 heteroatoms. The predicted octanol–water partition coefficient (Wildman–Crippen LogP) is 5.91. The van der Waals surface area contributed by atoms with Gasteiger partial charge in [-0.3, -0.25) is 9.69 Å². The van der Waals surface area contributed by atoms with Crippen molar-refractivity contribution >= 4 is 28.5 Å². The highest BCUT2D eigenvalue weighted by Crippen LogP contribution is 2.34. The molecule has 0 radical (unpaired) electrons. The quantitative estimate of drug-likeness (QED) is 0.447. The molecule has 1 aromatic heterocycles. The molecule has 2 heterocycles. The van der Waals surface area contributed by atoms with E-state index in [1.807, 2.05) is 54.3 Å². The van der Waals surface area contributed by atoms with E-state index in [1.165, 1.54) is 16.0 Å². The fraction of sp³-hybridized carbons (Fsp3) is 0.321. The second-order valence-corrected chi connectivity index (χ2v) is 9.55. The third kappa shape index (κ3) is 5.55. The summed E-state index contributed by atoms with van der Waals surface area (Å²) < 4.78 is 0. The Labute approximate surface area is 201 Å². The zero-order chi connectivity index (χ0) is 23.2. The van der Waals surface area contributed by atoms with E-state index < -0.39 is 0 Å². The third-order valence-corrected chi connectivity index (χ3v) is 7.28. The van der Waals surface area contributed by atoms with E-state index in [4.69, 9.17) is 5.73 Å². The van der Waals surface area contributed by atoms with Crippen LogP contribution in [0.4, 0.5) is 5.69 Å². The molecular formula is C28H33N3OS. The van der Waals surface area contributed by atoms with Crippen molar-refractivity contribution in [3.8, 4) is 0 Å². The van der Waals surface area contributed by atoms with E-state index in [9.17, 15) is 4.79 Å². The summed E-state index contributed by atoms with van der Waals surface area (Å²) >= 11 is 1.83. The first kappa shape index (κ1) is 23.3. The fourth-order valence-electron chi connectivity index (χ4n) is 4.60. The van der Waals surface area contributed by atoms with Gasteiger partial charge in [0.25, 0.3) is 5.91 Å². The Bertz CT molecular complexity index is 1090. The second kappa shape index (κ2) is 10.8. The SMILES string of the molecule is CCN(CC)C(=O)c1ccc(C(=C2CCN(Cc3cccs3)CC2)c2cccc(N)c2)cc1. The second-order valence-electron chi connectivity index (χ2n) is 8.51. The number of likely N-dealkylation sites (tertiary alicyclic amines) is 1. The Balaban J connectivity index is 1.62. The highest BCUT2D eigenvalue weighted by molar-refractivity contribution is 7.09. The van der Waals surface area contributed by atoms with Crippen LogP contribution in [0.3, 0.4) is 0 Å². The standard InChI is InChI=1S/C28H33N3OS/c1-3-31(4-2)28(32)23-12-10-21(11-13-23)27(24-7-5-8-25(29)19-24)22-14-16-30(17-15-22)20-26-9-6-18-33-26/h5-13,18-19H,3-4,14-17,20,29H2,1-2H3. The van der Waals surface area contributed by atoms with Gasteiger partial charge < -0.3 is 10.6 Å². The highest BCUT2D eigenvalue weighted by Gasteiger charge is 2.20. The monoisotopic (exact) mass is 459 g/mol. The molecule has 0 bridgehead atoms. The molecule has 2 N–H and O–H groups in total. The molecule has 1 aliphatic rings. The molecule has 4 nitrogen and oxygen atoms in total. The Morgan fingerprint density at radius 1 is 0.939 bits per heavy atom. The number of nitrogens with two attached hydrogens (primary N) is 1. The molecular weight excluding hydrogens is 426 g/mol. The van der Waals surface area contributed by atoms with Crippen LogP contribution in [0.5, 0.6) is 0 Å². The molecule has 3 aromatic rings. The summed E-state index contributed by atoms with van der Waals surface area (Å²) in [5.41, 5.74) is 12.7. The topological polar surface area (TPSA) is 49.6 Å². The average molecular weight is 460 g/mol. The first-order valence-electron chi connectivity index (χ1n) is 11.8. The van der Waals surface area contributed by atoms with Crippen LogP contribution in [0.25, 0.3) is 5.57 Å². The summed E-state index contributed by atoms with van der Waals surface area (Å²) in [6.07, 6.45) is 2.07. The van der Waals surface area contributed by atoms with Gasteiger partial charge in [-0.1, -0.05) is 35.9 Å². The normalized spacial score (nSPS) is 14.3. The van der Waals surface area contributed by atoms with Crippen molar-refractivity contribution in [3.05, 3.63) is 93.2 Å². The number of anilines is 1. The first-order valence-corrected chi connectivity index (χ1v) is 12.7. The van der Waals surface area contributed by atoms with Crippen molar-refractivity contribution in [2.75, 3.05) is 31.9 Å². The molecule has 172 valence electrons. The molecule has 0 aliphatic carbocycles. The molecule has 0 spiro atoms. The average Bonchev–Trinajstić information content (AvgIpc) is 3.35. The number of nitrogen functional groups attached to an aromatic ring is 1. The summed E-state index contributed by atoms with van der Waals surface area (Å²) in [6, 6.07) is 20.6. The van der Waals surface area contributed by atoms with Gasteiger partial charge in [-0.25, -0.2) is 0 Å². The molecule has 4 rings (SSSR count). The van der Waals surface area contributed by atoms with Crippen LogP contribution in [0.1, 0.15) is 53.1 Å². The molecule has 1 aliphatic heterocycles.